The molecule has 7 heteroatoms. The van der Waals surface area contributed by atoms with Gasteiger partial charge >= 0.3 is 0 Å². The van der Waals surface area contributed by atoms with Gasteiger partial charge in [0.25, 0.3) is 0 Å². The molecule has 0 saturated heterocycles. The summed E-state index contributed by atoms with van der Waals surface area (Å²) >= 11 is 0. The molecule has 0 aliphatic heterocycles. The molecule has 4 aromatic rings. The molecule has 2 aromatic heterocycles. The lowest BCUT2D eigenvalue weighted by Crippen LogP contribution is -2.20. The Morgan fingerprint density at radius 3 is 2.57 bits per heavy atom. The Kier molecular flexibility index (Phi) is 4.65. The number of amides is 1. The van der Waals surface area contributed by atoms with Gasteiger partial charge in [0.05, 0.1) is 29.1 Å². The monoisotopic (exact) mass is 374 g/mol. The zero-order valence-corrected chi connectivity index (χ0v) is 16.2. The van der Waals surface area contributed by atoms with Crippen LogP contribution < -0.4 is 5.32 Å². The first-order chi connectivity index (χ1) is 13.5. The summed E-state index contributed by atoms with van der Waals surface area (Å²) in [6.07, 6.45) is 0. The lowest BCUT2D eigenvalue weighted by atomic mass is 10.1. The summed E-state index contributed by atoms with van der Waals surface area (Å²) in [6.45, 7) is 6.73. The van der Waals surface area contributed by atoms with E-state index in [1.165, 1.54) is 11.1 Å². The molecule has 0 spiro atoms. The fourth-order valence-electron chi connectivity index (χ4n) is 3.33. The predicted molar refractivity (Wildman–Crippen MR) is 108 cm³/mol. The van der Waals surface area contributed by atoms with Gasteiger partial charge in [0, 0.05) is 0 Å². The molecule has 0 atom stereocenters. The average Bonchev–Trinajstić information content (AvgIpc) is 3.20. The number of anilines is 1. The Hall–Kier alpha value is -3.48. The number of carbonyl (C=O) groups is 1. The molecule has 142 valence electrons. The molecule has 2 aromatic carbocycles. The van der Waals surface area contributed by atoms with Crippen LogP contribution in [0.1, 0.15) is 22.5 Å². The molecule has 0 fully saturated rings. The number of nitrogens with one attached hydrogen (secondary N) is 1. The number of para-hydroxylation sites is 1. The average molecular weight is 374 g/mol. The van der Waals surface area contributed by atoms with Gasteiger partial charge in [-0.15, -0.1) is 5.10 Å². The summed E-state index contributed by atoms with van der Waals surface area (Å²) in [4.78, 5) is 12.6. The van der Waals surface area contributed by atoms with Crippen LogP contribution in [-0.2, 0) is 17.9 Å². The van der Waals surface area contributed by atoms with Crippen LogP contribution in [0.5, 0.6) is 0 Å². The van der Waals surface area contributed by atoms with Crippen LogP contribution in [0.4, 0.5) is 5.69 Å². The number of benzene rings is 2. The number of hydrogen-bond acceptors (Lipinski definition) is 4. The van der Waals surface area contributed by atoms with Crippen LogP contribution in [-0.4, -0.2) is 30.7 Å². The van der Waals surface area contributed by atoms with E-state index in [1.807, 2.05) is 54.9 Å². The molecule has 0 radical (unpaired) electrons. The molecular formula is C21H22N6O. The van der Waals surface area contributed by atoms with Crippen LogP contribution in [0.25, 0.3) is 11.0 Å². The van der Waals surface area contributed by atoms with Gasteiger partial charge in [-0.25, -0.2) is 4.68 Å². The third kappa shape index (κ3) is 3.38. The maximum Gasteiger partial charge on any atom is 0.246 e. The van der Waals surface area contributed by atoms with Crippen molar-refractivity contribution in [2.24, 2.45) is 0 Å². The first kappa shape index (κ1) is 17.9. The normalized spacial score (nSPS) is 11.1. The van der Waals surface area contributed by atoms with Crippen molar-refractivity contribution in [3.8, 4) is 0 Å². The van der Waals surface area contributed by atoms with E-state index in [2.05, 4.69) is 39.8 Å². The molecule has 1 N–H and O–H groups in total. The van der Waals surface area contributed by atoms with E-state index in [1.54, 1.807) is 4.68 Å². The standard InChI is InChI=1S/C21H22N6O/c1-14-8-4-5-9-17(14)12-26-16(3)21(15(2)24-26)22-20(28)13-27-19-11-7-6-10-18(19)23-25-27/h4-11H,12-13H2,1-3H3,(H,22,28). The van der Waals surface area contributed by atoms with Crippen molar-refractivity contribution in [2.75, 3.05) is 5.32 Å². The second-order valence-electron chi connectivity index (χ2n) is 6.91. The maximum atomic E-state index is 12.6. The Morgan fingerprint density at radius 1 is 1.00 bits per heavy atom. The fourth-order valence-corrected chi connectivity index (χ4v) is 3.33. The minimum Gasteiger partial charge on any atom is -0.321 e. The van der Waals surface area contributed by atoms with Gasteiger partial charge in [-0.2, -0.15) is 5.10 Å². The Bertz CT molecular complexity index is 1160. The quantitative estimate of drug-likeness (QED) is 0.582. The van der Waals surface area contributed by atoms with E-state index in [0.717, 1.165) is 28.1 Å². The summed E-state index contributed by atoms with van der Waals surface area (Å²) in [6, 6.07) is 15.8. The summed E-state index contributed by atoms with van der Waals surface area (Å²) in [5.74, 6) is -0.155. The molecular weight excluding hydrogens is 352 g/mol. The fraction of sp³-hybridized carbons (Fsp3) is 0.238. The van der Waals surface area contributed by atoms with E-state index in [9.17, 15) is 4.79 Å². The van der Waals surface area contributed by atoms with E-state index in [4.69, 9.17) is 0 Å². The van der Waals surface area contributed by atoms with Gasteiger partial charge in [-0.05, 0) is 44.0 Å². The van der Waals surface area contributed by atoms with Crippen molar-refractivity contribution < 1.29 is 4.79 Å². The molecule has 0 saturated carbocycles. The molecule has 4 rings (SSSR count). The number of fused-ring (bicyclic) bond motifs is 1. The van der Waals surface area contributed by atoms with Crippen LogP contribution >= 0.6 is 0 Å². The highest BCUT2D eigenvalue weighted by Crippen LogP contribution is 2.21. The third-order valence-electron chi connectivity index (χ3n) is 4.94. The first-order valence-corrected chi connectivity index (χ1v) is 9.19. The molecule has 2 heterocycles. The number of aryl methyl sites for hydroxylation is 2. The summed E-state index contributed by atoms with van der Waals surface area (Å²) < 4.78 is 3.53. The van der Waals surface area contributed by atoms with Gasteiger partial charge in [0.2, 0.25) is 5.91 Å². The van der Waals surface area contributed by atoms with Crippen LogP contribution in [0.2, 0.25) is 0 Å². The summed E-state index contributed by atoms with van der Waals surface area (Å²) in [5, 5.41) is 15.8. The van der Waals surface area contributed by atoms with E-state index >= 15 is 0 Å². The van der Waals surface area contributed by atoms with Crippen molar-refractivity contribution >= 4 is 22.6 Å². The topological polar surface area (TPSA) is 77.6 Å². The van der Waals surface area contributed by atoms with Gasteiger partial charge in [0.15, 0.2) is 0 Å². The van der Waals surface area contributed by atoms with Gasteiger partial charge in [-0.1, -0.05) is 41.6 Å². The number of rotatable bonds is 5. The lowest BCUT2D eigenvalue weighted by molar-refractivity contribution is -0.116. The summed E-state index contributed by atoms with van der Waals surface area (Å²) in [5.41, 5.74) is 6.51. The second kappa shape index (κ2) is 7.26. The van der Waals surface area contributed by atoms with E-state index in [0.29, 0.717) is 6.54 Å². The van der Waals surface area contributed by atoms with Gasteiger partial charge in [-0.3, -0.25) is 9.48 Å². The molecule has 1 amide bonds. The maximum absolute atomic E-state index is 12.6. The Labute approximate surface area is 163 Å². The third-order valence-corrected chi connectivity index (χ3v) is 4.94. The molecule has 0 aliphatic carbocycles. The second-order valence-corrected chi connectivity index (χ2v) is 6.91. The molecule has 28 heavy (non-hydrogen) atoms. The van der Waals surface area contributed by atoms with Crippen molar-refractivity contribution in [3.63, 3.8) is 0 Å². The smallest absolute Gasteiger partial charge is 0.246 e. The summed E-state index contributed by atoms with van der Waals surface area (Å²) in [7, 11) is 0. The van der Waals surface area contributed by atoms with Crippen molar-refractivity contribution in [2.45, 2.75) is 33.9 Å². The number of aromatic nitrogens is 5. The SMILES string of the molecule is Cc1ccccc1Cn1nc(C)c(NC(=O)Cn2nnc3ccccc32)c1C. The minimum absolute atomic E-state index is 0.0996. The number of nitrogens with zero attached hydrogens (tertiary/aromatic N) is 5. The largest absolute Gasteiger partial charge is 0.321 e. The van der Waals surface area contributed by atoms with E-state index in [-0.39, 0.29) is 12.5 Å². The Balaban J connectivity index is 1.52. The van der Waals surface area contributed by atoms with Crippen molar-refractivity contribution in [1.82, 2.24) is 24.8 Å². The highest BCUT2D eigenvalue weighted by molar-refractivity contribution is 5.92. The zero-order valence-electron chi connectivity index (χ0n) is 16.2. The number of hydrogen-bond donors (Lipinski definition) is 1. The van der Waals surface area contributed by atoms with Crippen molar-refractivity contribution in [1.29, 1.82) is 0 Å². The highest BCUT2D eigenvalue weighted by atomic mass is 16.2. The van der Waals surface area contributed by atoms with E-state index < -0.39 is 0 Å². The highest BCUT2D eigenvalue weighted by Gasteiger charge is 2.16. The molecule has 0 bridgehead atoms. The number of carbonyl (C=O) groups excluding carboxylic acids is 1. The van der Waals surface area contributed by atoms with Crippen LogP contribution in [0.3, 0.4) is 0 Å². The van der Waals surface area contributed by atoms with Gasteiger partial charge in [0.1, 0.15) is 12.1 Å². The lowest BCUT2D eigenvalue weighted by Gasteiger charge is -2.09. The minimum atomic E-state index is -0.155. The first-order valence-electron chi connectivity index (χ1n) is 9.19. The predicted octanol–water partition coefficient (Wildman–Crippen LogP) is 3.24. The molecule has 0 aliphatic rings. The van der Waals surface area contributed by atoms with Crippen LogP contribution in [0, 0.1) is 20.8 Å². The zero-order chi connectivity index (χ0) is 19.7. The molecule has 7 nitrogen and oxygen atoms in total. The Morgan fingerprint density at radius 2 is 1.75 bits per heavy atom. The van der Waals surface area contributed by atoms with Crippen molar-refractivity contribution in [3.05, 3.63) is 71.0 Å². The van der Waals surface area contributed by atoms with Crippen LogP contribution in [0.15, 0.2) is 48.5 Å². The molecule has 0 unspecified atom stereocenters. The van der Waals surface area contributed by atoms with Gasteiger partial charge < -0.3 is 5.32 Å².